The Kier molecular flexibility index (Phi) is 13.8. The van der Waals surface area contributed by atoms with E-state index in [4.69, 9.17) is 33.4 Å². The van der Waals surface area contributed by atoms with Crippen LogP contribution in [0.2, 0.25) is 10.0 Å². The molecule has 324 valence electrons. The van der Waals surface area contributed by atoms with Gasteiger partial charge in [0.25, 0.3) is 11.8 Å². The highest BCUT2D eigenvalue weighted by Crippen LogP contribution is 2.40. The molecule has 0 aliphatic heterocycles. The number of carbonyl (C=O) groups is 4. The minimum Gasteiger partial charge on any atom is -0.480 e. The number of nitrogens with zero attached hydrogens (tertiary/aromatic N) is 4. The van der Waals surface area contributed by atoms with Gasteiger partial charge >= 0.3 is 24.3 Å². The van der Waals surface area contributed by atoms with Crippen LogP contribution in [0.4, 0.5) is 58.1 Å². The summed E-state index contributed by atoms with van der Waals surface area (Å²) in [6.45, 7) is -1.15. The van der Waals surface area contributed by atoms with Gasteiger partial charge in [-0.2, -0.15) is 26.3 Å². The number of halogens is 10. The first-order valence-corrected chi connectivity index (χ1v) is 18.1. The van der Waals surface area contributed by atoms with E-state index in [1.54, 1.807) is 0 Å². The van der Waals surface area contributed by atoms with Crippen molar-refractivity contribution in [2.24, 2.45) is 0 Å². The number of aliphatic carboxylic acids is 2. The normalized spacial score (nSPS) is 11.4. The number of aromatic nitrogens is 2. The van der Waals surface area contributed by atoms with Gasteiger partial charge in [-0.3, -0.25) is 19.2 Å². The summed E-state index contributed by atoms with van der Waals surface area (Å²) < 4.78 is 107. The van der Waals surface area contributed by atoms with Crippen LogP contribution in [0, 0.1) is 11.6 Å². The number of anilines is 4. The molecule has 0 aliphatic carbocycles. The van der Waals surface area contributed by atoms with Crippen molar-refractivity contribution in [3.05, 3.63) is 129 Å². The number of carbonyl (C=O) groups excluding carboxylic acids is 2. The first kappa shape index (κ1) is 46.3. The lowest BCUT2D eigenvalue weighted by molar-refractivity contribution is -0.140. The third-order valence-corrected chi connectivity index (χ3v) is 9.36. The van der Waals surface area contributed by atoms with Crippen molar-refractivity contribution in [2.45, 2.75) is 12.4 Å². The van der Waals surface area contributed by atoms with E-state index < -0.39 is 83.3 Å². The molecule has 6 rings (SSSR count). The Labute approximate surface area is 354 Å². The van der Waals surface area contributed by atoms with E-state index in [2.05, 4.69) is 20.6 Å². The number of likely N-dealkylation sites (N-methyl/N-ethyl adjacent to an activating group) is 2. The van der Waals surface area contributed by atoms with Gasteiger partial charge < -0.3 is 30.6 Å². The van der Waals surface area contributed by atoms with Crippen LogP contribution in [0.25, 0.3) is 21.5 Å². The maximum atomic E-state index is 14.4. The van der Waals surface area contributed by atoms with Gasteiger partial charge in [0.05, 0.1) is 28.1 Å². The number of carboxylic acids is 2. The number of nitrogens with one attached hydrogen (secondary N) is 2. The number of carboxylic acid groups (broad SMARTS) is 2. The molecule has 2 amide bonds. The molecule has 0 saturated heterocycles. The largest absolute Gasteiger partial charge is 0.480 e. The quantitative estimate of drug-likeness (QED) is 0.0973. The minimum atomic E-state index is -4.96. The van der Waals surface area contributed by atoms with Crippen molar-refractivity contribution in [1.82, 2.24) is 19.8 Å². The number of alkyl halides is 6. The summed E-state index contributed by atoms with van der Waals surface area (Å²) in [5.74, 6) is -6.92. The van der Waals surface area contributed by atoms with E-state index in [0.29, 0.717) is 12.1 Å². The fourth-order valence-corrected chi connectivity index (χ4v) is 6.57. The first-order valence-electron chi connectivity index (χ1n) is 17.4. The third-order valence-electron chi connectivity index (χ3n) is 8.73. The van der Waals surface area contributed by atoms with E-state index in [-0.39, 0.29) is 54.4 Å². The maximum Gasteiger partial charge on any atom is 0.421 e. The van der Waals surface area contributed by atoms with Gasteiger partial charge in [-0.1, -0.05) is 59.6 Å². The Balaban J connectivity index is 0.000000234. The molecule has 62 heavy (non-hydrogen) atoms. The van der Waals surface area contributed by atoms with Gasteiger partial charge in [-0.25, -0.2) is 18.7 Å². The second kappa shape index (κ2) is 18.4. The van der Waals surface area contributed by atoms with Crippen LogP contribution in [0.3, 0.4) is 0 Å². The topological polar surface area (TPSA) is 165 Å². The van der Waals surface area contributed by atoms with Crippen molar-refractivity contribution in [1.29, 1.82) is 0 Å². The van der Waals surface area contributed by atoms with Crippen LogP contribution in [-0.2, 0) is 21.9 Å². The predicted octanol–water partition coefficient (Wildman–Crippen LogP) is 9.89. The molecule has 0 radical (unpaired) electrons. The van der Waals surface area contributed by atoms with Gasteiger partial charge in [0, 0.05) is 58.1 Å². The van der Waals surface area contributed by atoms with Crippen molar-refractivity contribution in [3.8, 4) is 0 Å². The number of hydrogen-bond acceptors (Lipinski definition) is 8. The minimum absolute atomic E-state index is 0.0144. The summed E-state index contributed by atoms with van der Waals surface area (Å²) in [6.07, 6.45) is -7.67. The molecule has 2 heterocycles. The van der Waals surface area contributed by atoms with Gasteiger partial charge in [0.1, 0.15) is 36.1 Å². The molecule has 0 spiro atoms. The summed E-state index contributed by atoms with van der Waals surface area (Å²) in [7, 11) is 2.55. The molecule has 2 aromatic heterocycles. The Bertz CT molecular complexity index is 2740. The Morgan fingerprint density at radius 1 is 0.629 bits per heavy atom. The van der Waals surface area contributed by atoms with E-state index in [9.17, 15) is 54.3 Å². The Morgan fingerprint density at radius 3 is 1.48 bits per heavy atom. The van der Waals surface area contributed by atoms with Crippen LogP contribution < -0.4 is 10.6 Å². The molecule has 4 N–H and O–H groups in total. The highest BCUT2D eigenvalue weighted by molar-refractivity contribution is 6.38. The SMILES string of the molecule is CN(CC(=O)O)C(=O)c1cnc(Nc2cccc(C(F)(F)F)c2F)c2cccc(Cl)c12.CN(CC(=O)O)C(=O)c1cnc(Nc2cccc(F)c2C(F)(F)F)c2cccc(Cl)c12. The van der Waals surface area contributed by atoms with E-state index in [0.717, 1.165) is 46.5 Å². The molecule has 0 unspecified atom stereocenters. The standard InChI is InChI=1S/2C20H14ClF4N3O3/c1-28(9-15(29)30)19(31)11-8-26-18(10-4-2-6-13(21)16(10)11)27-14-7-3-5-12(17(14)22)20(23,24)25;1-28(9-15(29)30)19(31)11-8-26-18(10-4-2-5-12(21)16(10)11)27-14-7-3-6-13(22)17(14)20(23,24)25/h2*2-8H,9H2,1H3,(H,26,27)(H,29,30). The lowest BCUT2D eigenvalue weighted by Crippen LogP contribution is -2.32. The van der Waals surface area contributed by atoms with Crippen molar-refractivity contribution in [2.75, 3.05) is 37.8 Å². The highest BCUT2D eigenvalue weighted by Gasteiger charge is 2.38. The van der Waals surface area contributed by atoms with Crippen LogP contribution in [-0.4, -0.2) is 80.9 Å². The summed E-state index contributed by atoms with van der Waals surface area (Å²) in [4.78, 5) is 57.1. The van der Waals surface area contributed by atoms with E-state index >= 15 is 0 Å². The molecule has 0 atom stereocenters. The number of fused-ring (bicyclic) bond motifs is 2. The molecule has 4 aromatic carbocycles. The van der Waals surface area contributed by atoms with Gasteiger partial charge in [-0.05, 0) is 36.4 Å². The van der Waals surface area contributed by atoms with Crippen LogP contribution >= 0.6 is 23.2 Å². The van der Waals surface area contributed by atoms with Gasteiger partial charge in [0.15, 0.2) is 5.82 Å². The molecule has 0 aliphatic rings. The average Bonchev–Trinajstić information content (AvgIpc) is 3.17. The molecular weight excluding hydrogens is 883 g/mol. The maximum absolute atomic E-state index is 14.4. The molecule has 22 heteroatoms. The summed E-state index contributed by atoms with van der Waals surface area (Å²) in [5.41, 5.74) is -4.02. The number of amides is 2. The zero-order chi connectivity index (χ0) is 45.8. The zero-order valence-corrected chi connectivity index (χ0v) is 33.1. The van der Waals surface area contributed by atoms with E-state index in [1.807, 2.05) is 0 Å². The van der Waals surface area contributed by atoms with Crippen molar-refractivity contribution in [3.63, 3.8) is 0 Å². The van der Waals surface area contributed by atoms with Crippen molar-refractivity contribution < 1.29 is 64.5 Å². The molecular formula is C40H28Cl2F8N6O6. The summed E-state index contributed by atoms with van der Waals surface area (Å²) in [6, 6.07) is 14.6. The smallest absolute Gasteiger partial charge is 0.421 e. The fraction of sp³-hybridized carbons (Fsp3) is 0.150. The van der Waals surface area contributed by atoms with Gasteiger partial charge in [0.2, 0.25) is 0 Å². The monoisotopic (exact) mass is 910 g/mol. The average molecular weight is 912 g/mol. The Hall–Kier alpha value is -6.80. The number of hydrogen-bond donors (Lipinski definition) is 4. The molecule has 0 bridgehead atoms. The number of pyridine rings is 2. The first-order chi connectivity index (χ1) is 29.0. The Morgan fingerprint density at radius 2 is 1.05 bits per heavy atom. The lowest BCUT2D eigenvalue weighted by atomic mass is 10.1. The number of benzene rings is 4. The van der Waals surface area contributed by atoms with Crippen LogP contribution in [0.15, 0.2) is 85.2 Å². The molecule has 6 aromatic rings. The predicted molar refractivity (Wildman–Crippen MR) is 212 cm³/mol. The second-order valence-corrected chi connectivity index (χ2v) is 13.9. The second-order valence-electron chi connectivity index (χ2n) is 13.1. The molecule has 0 saturated carbocycles. The number of rotatable bonds is 10. The fourth-order valence-electron chi connectivity index (χ4n) is 6.02. The summed E-state index contributed by atoms with van der Waals surface area (Å²) in [5, 5.41) is 23.8. The molecule has 12 nitrogen and oxygen atoms in total. The van der Waals surface area contributed by atoms with Crippen LogP contribution in [0.5, 0.6) is 0 Å². The van der Waals surface area contributed by atoms with Crippen molar-refractivity contribution >= 4 is 91.5 Å². The van der Waals surface area contributed by atoms with Crippen LogP contribution in [0.1, 0.15) is 31.8 Å². The lowest BCUT2D eigenvalue weighted by Gasteiger charge is -2.19. The zero-order valence-electron chi connectivity index (χ0n) is 31.6. The van der Waals surface area contributed by atoms with Gasteiger partial charge in [-0.15, -0.1) is 0 Å². The third kappa shape index (κ3) is 10.2. The van der Waals surface area contributed by atoms with E-state index in [1.165, 1.54) is 50.5 Å². The molecule has 0 fully saturated rings. The summed E-state index contributed by atoms with van der Waals surface area (Å²) >= 11 is 12.5. The highest BCUT2D eigenvalue weighted by atomic mass is 35.5.